The minimum absolute atomic E-state index is 0.0644. The molecular formula is C14H20N2O3. The van der Waals surface area contributed by atoms with Crippen molar-refractivity contribution in [3.63, 3.8) is 0 Å². The minimum atomic E-state index is -0.276. The highest BCUT2D eigenvalue weighted by Crippen LogP contribution is 2.19. The predicted octanol–water partition coefficient (Wildman–Crippen LogP) is 0.970. The van der Waals surface area contributed by atoms with Crippen molar-refractivity contribution in [2.24, 2.45) is 0 Å². The summed E-state index contributed by atoms with van der Waals surface area (Å²) in [7, 11) is 0. The van der Waals surface area contributed by atoms with Crippen LogP contribution in [0.5, 0.6) is 0 Å². The summed E-state index contributed by atoms with van der Waals surface area (Å²) in [6.45, 7) is 4.96. The van der Waals surface area contributed by atoms with Crippen LogP contribution in [0, 0.1) is 13.8 Å². The van der Waals surface area contributed by atoms with Crippen LogP contribution in [0.2, 0.25) is 0 Å². The van der Waals surface area contributed by atoms with Crippen molar-refractivity contribution >= 4 is 12.2 Å². The van der Waals surface area contributed by atoms with Crippen LogP contribution in [0.3, 0.4) is 0 Å². The number of aromatic amines is 1. The van der Waals surface area contributed by atoms with Crippen LogP contribution >= 0.6 is 0 Å². The van der Waals surface area contributed by atoms with Crippen molar-refractivity contribution in [2.75, 3.05) is 13.1 Å². The Kier molecular flexibility index (Phi) is 4.04. The molecule has 1 aliphatic rings. The summed E-state index contributed by atoms with van der Waals surface area (Å²) in [4.78, 5) is 27.9. The van der Waals surface area contributed by atoms with Crippen LogP contribution in [-0.2, 0) is 11.2 Å². The molecule has 0 spiro atoms. The van der Waals surface area contributed by atoms with Gasteiger partial charge in [0.25, 0.3) is 0 Å². The van der Waals surface area contributed by atoms with E-state index >= 15 is 0 Å². The number of hydrogen-bond donors (Lipinski definition) is 2. The van der Waals surface area contributed by atoms with E-state index in [4.69, 9.17) is 0 Å². The van der Waals surface area contributed by atoms with E-state index in [9.17, 15) is 14.7 Å². The number of aryl methyl sites for hydroxylation is 1. The fraction of sp³-hybridized carbons (Fsp3) is 0.571. The monoisotopic (exact) mass is 264 g/mol. The molecule has 1 saturated heterocycles. The van der Waals surface area contributed by atoms with Gasteiger partial charge >= 0.3 is 0 Å². The standard InChI is InChI=1S/C14H20N2O3/c1-9-12(10(2)15-13(9)8-17)7-14(19)16-5-3-11(18)4-6-16/h8,11,15,18H,3-7H2,1-2H3. The first-order valence-electron chi connectivity index (χ1n) is 6.62. The second-order valence-corrected chi connectivity index (χ2v) is 5.17. The zero-order valence-corrected chi connectivity index (χ0v) is 11.4. The molecule has 1 amide bonds. The minimum Gasteiger partial charge on any atom is -0.393 e. The largest absolute Gasteiger partial charge is 0.393 e. The van der Waals surface area contributed by atoms with E-state index in [1.165, 1.54) is 0 Å². The van der Waals surface area contributed by atoms with Gasteiger partial charge in [-0.05, 0) is 37.8 Å². The molecule has 1 aromatic rings. The van der Waals surface area contributed by atoms with Gasteiger partial charge in [0.1, 0.15) is 0 Å². The van der Waals surface area contributed by atoms with Gasteiger partial charge in [-0.3, -0.25) is 9.59 Å². The molecule has 2 rings (SSSR count). The fourth-order valence-corrected chi connectivity index (χ4v) is 2.58. The Morgan fingerprint density at radius 2 is 2.05 bits per heavy atom. The van der Waals surface area contributed by atoms with Gasteiger partial charge < -0.3 is 15.0 Å². The Bertz CT molecular complexity index is 485. The lowest BCUT2D eigenvalue weighted by molar-refractivity contribution is -0.132. The van der Waals surface area contributed by atoms with Gasteiger partial charge in [0.15, 0.2) is 6.29 Å². The molecule has 0 saturated carbocycles. The van der Waals surface area contributed by atoms with Crippen LogP contribution < -0.4 is 0 Å². The van der Waals surface area contributed by atoms with E-state index in [0.717, 1.165) is 23.1 Å². The van der Waals surface area contributed by atoms with Crippen molar-refractivity contribution in [2.45, 2.75) is 39.2 Å². The predicted molar refractivity (Wildman–Crippen MR) is 71.2 cm³/mol. The summed E-state index contributed by atoms with van der Waals surface area (Å²) in [5.41, 5.74) is 3.20. The summed E-state index contributed by atoms with van der Waals surface area (Å²) < 4.78 is 0. The third-order valence-corrected chi connectivity index (χ3v) is 3.89. The highest BCUT2D eigenvalue weighted by Gasteiger charge is 2.23. The van der Waals surface area contributed by atoms with Gasteiger partial charge in [0.2, 0.25) is 5.91 Å². The third-order valence-electron chi connectivity index (χ3n) is 3.89. The summed E-state index contributed by atoms with van der Waals surface area (Å²) in [6.07, 6.45) is 2.12. The number of nitrogens with one attached hydrogen (secondary N) is 1. The third kappa shape index (κ3) is 2.87. The zero-order valence-electron chi connectivity index (χ0n) is 11.4. The molecule has 0 atom stereocenters. The van der Waals surface area contributed by atoms with Crippen LogP contribution in [0.25, 0.3) is 0 Å². The second-order valence-electron chi connectivity index (χ2n) is 5.17. The number of amides is 1. The quantitative estimate of drug-likeness (QED) is 0.799. The topological polar surface area (TPSA) is 73.4 Å². The van der Waals surface area contributed by atoms with Gasteiger partial charge in [-0.25, -0.2) is 0 Å². The maximum atomic E-state index is 12.2. The Hall–Kier alpha value is -1.62. The second kappa shape index (κ2) is 5.57. The van der Waals surface area contributed by atoms with Crippen molar-refractivity contribution in [1.29, 1.82) is 0 Å². The number of carbonyl (C=O) groups excluding carboxylic acids is 2. The molecular weight excluding hydrogens is 244 g/mol. The van der Waals surface area contributed by atoms with Gasteiger partial charge in [0, 0.05) is 18.8 Å². The van der Waals surface area contributed by atoms with E-state index in [2.05, 4.69) is 4.98 Å². The molecule has 2 N–H and O–H groups in total. The fourth-order valence-electron chi connectivity index (χ4n) is 2.58. The Balaban J connectivity index is 2.07. The highest BCUT2D eigenvalue weighted by molar-refractivity contribution is 5.82. The van der Waals surface area contributed by atoms with Crippen molar-refractivity contribution < 1.29 is 14.7 Å². The first kappa shape index (κ1) is 13.8. The molecule has 5 nitrogen and oxygen atoms in total. The van der Waals surface area contributed by atoms with Crippen LogP contribution in [0.15, 0.2) is 0 Å². The van der Waals surface area contributed by atoms with Gasteiger partial charge in [-0.15, -0.1) is 0 Å². The molecule has 1 aromatic heterocycles. The molecule has 19 heavy (non-hydrogen) atoms. The van der Waals surface area contributed by atoms with E-state index in [-0.39, 0.29) is 12.0 Å². The molecule has 0 unspecified atom stereocenters. The smallest absolute Gasteiger partial charge is 0.227 e. The summed E-state index contributed by atoms with van der Waals surface area (Å²) in [6, 6.07) is 0. The number of likely N-dealkylation sites (tertiary alicyclic amines) is 1. The molecule has 0 bridgehead atoms. The first-order chi connectivity index (χ1) is 9.02. The van der Waals surface area contributed by atoms with Crippen molar-refractivity contribution in [1.82, 2.24) is 9.88 Å². The molecule has 5 heteroatoms. The normalized spacial score (nSPS) is 16.7. The lowest BCUT2D eigenvalue weighted by atomic mass is 10.0. The summed E-state index contributed by atoms with van der Waals surface area (Å²) >= 11 is 0. The number of aldehydes is 1. The van der Waals surface area contributed by atoms with Crippen LogP contribution in [0.4, 0.5) is 0 Å². The average molecular weight is 264 g/mol. The van der Waals surface area contributed by atoms with E-state index < -0.39 is 0 Å². The molecule has 0 radical (unpaired) electrons. The molecule has 1 aliphatic heterocycles. The van der Waals surface area contributed by atoms with E-state index in [0.29, 0.717) is 38.0 Å². The Morgan fingerprint density at radius 1 is 1.42 bits per heavy atom. The van der Waals surface area contributed by atoms with Crippen molar-refractivity contribution in [3.05, 3.63) is 22.5 Å². The van der Waals surface area contributed by atoms with E-state index in [1.54, 1.807) is 4.90 Å². The van der Waals surface area contributed by atoms with Gasteiger partial charge in [-0.1, -0.05) is 0 Å². The van der Waals surface area contributed by atoms with Gasteiger partial charge in [0.05, 0.1) is 18.2 Å². The maximum absolute atomic E-state index is 12.2. The summed E-state index contributed by atoms with van der Waals surface area (Å²) in [5, 5.41) is 9.44. The number of aromatic nitrogens is 1. The highest BCUT2D eigenvalue weighted by atomic mass is 16.3. The van der Waals surface area contributed by atoms with Crippen LogP contribution in [0.1, 0.15) is 40.2 Å². The molecule has 2 heterocycles. The molecule has 104 valence electrons. The number of aliphatic hydroxyl groups is 1. The van der Waals surface area contributed by atoms with Crippen LogP contribution in [-0.4, -0.2) is 46.4 Å². The Labute approximate surface area is 112 Å². The number of H-pyrrole nitrogens is 1. The molecule has 0 aliphatic carbocycles. The lowest BCUT2D eigenvalue weighted by Crippen LogP contribution is -2.40. The molecule has 0 aromatic carbocycles. The first-order valence-corrected chi connectivity index (χ1v) is 6.62. The number of nitrogens with zero attached hydrogens (tertiary/aromatic N) is 1. The maximum Gasteiger partial charge on any atom is 0.227 e. The van der Waals surface area contributed by atoms with Crippen molar-refractivity contribution in [3.8, 4) is 0 Å². The lowest BCUT2D eigenvalue weighted by Gasteiger charge is -2.29. The zero-order chi connectivity index (χ0) is 14.0. The number of piperidine rings is 1. The Morgan fingerprint density at radius 3 is 2.58 bits per heavy atom. The van der Waals surface area contributed by atoms with Gasteiger partial charge in [-0.2, -0.15) is 0 Å². The average Bonchev–Trinajstić information content (AvgIpc) is 2.67. The number of rotatable bonds is 3. The SMILES string of the molecule is Cc1[nH]c(C=O)c(C)c1CC(=O)N1CCC(O)CC1. The number of carbonyl (C=O) groups is 2. The van der Waals surface area contributed by atoms with E-state index in [1.807, 2.05) is 13.8 Å². The number of hydrogen-bond acceptors (Lipinski definition) is 3. The number of aliphatic hydroxyl groups excluding tert-OH is 1. The summed E-state index contributed by atoms with van der Waals surface area (Å²) in [5.74, 6) is 0.0644. The molecule has 1 fully saturated rings.